The van der Waals surface area contributed by atoms with Crippen LogP contribution in [0.1, 0.15) is 12.0 Å². The zero-order chi connectivity index (χ0) is 16.4. The molecule has 1 atom stereocenters. The van der Waals surface area contributed by atoms with Gasteiger partial charge in [-0.25, -0.2) is 0 Å². The second kappa shape index (κ2) is 6.17. The lowest BCUT2D eigenvalue weighted by Gasteiger charge is -2.18. The molecule has 1 aromatic carbocycles. The Morgan fingerprint density at radius 3 is 2.05 bits per heavy atom. The average molecular weight is 342 g/mol. The van der Waals surface area contributed by atoms with Crippen molar-refractivity contribution in [2.24, 2.45) is 5.92 Å². The first-order valence-corrected chi connectivity index (χ1v) is 9.17. The van der Waals surface area contributed by atoms with E-state index in [4.69, 9.17) is 0 Å². The SMILES string of the molecule is O=S(=O)(O)C(=C(C1C=CC=CC1)S(=O)(=O)O)c1ccccc1. The normalized spacial score (nSPS) is 19.8. The molecule has 0 bridgehead atoms. The number of hydrogen-bond acceptors (Lipinski definition) is 4. The van der Waals surface area contributed by atoms with E-state index in [0.29, 0.717) is 0 Å². The van der Waals surface area contributed by atoms with Crippen molar-refractivity contribution in [3.8, 4) is 0 Å². The van der Waals surface area contributed by atoms with Crippen molar-refractivity contribution in [1.29, 1.82) is 0 Å². The van der Waals surface area contributed by atoms with Crippen LogP contribution in [0.5, 0.6) is 0 Å². The van der Waals surface area contributed by atoms with Gasteiger partial charge in [0.1, 0.15) is 9.81 Å². The molecule has 0 aliphatic heterocycles. The predicted molar refractivity (Wildman–Crippen MR) is 82.8 cm³/mol. The van der Waals surface area contributed by atoms with E-state index in [9.17, 15) is 25.9 Å². The van der Waals surface area contributed by atoms with Gasteiger partial charge in [-0.05, 0) is 12.0 Å². The molecule has 0 radical (unpaired) electrons. The second-order valence-electron chi connectivity index (χ2n) is 4.66. The van der Waals surface area contributed by atoms with Crippen LogP contribution in [0.4, 0.5) is 0 Å². The van der Waals surface area contributed by atoms with Gasteiger partial charge in [0.05, 0.1) is 0 Å². The lowest BCUT2D eigenvalue weighted by Crippen LogP contribution is -2.18. The van der Waals surface area contributed by atoms with Crippen molar-refractivity contribution < 1.29 is 25.9 Å². The van der Waals surface area contributed by atoms with E-state index in [1.807, 2.05) is 0 Å². The standard InChI is InChI=1S/C14H14O6S2/c15-21(16,17)13(11-7-3-1-4-8-11)14(22(18,19)20)12-9-5-2-6-10-12/h1-9,12H,10H2,(H,15,16,17)(H,18,19,20). The Labute approximate surface area is 129 Å². The molecule has 118 valence electrons. The lowest BCUT2D eigenvalue weighted by atomic mass is 9.99. The summed E-state index contributed by atoms with van der Waals surface area (Å²) in [7, 11) is -9.71. The van der Waals surface area contributed by atoms with Gasteiger partial charge in [-0.3, -0.25) is 9.11 Å². The van der Waals surface area contributed by atoms with Crippen LogP contribution >= 0.6 is 0 Å². The summed E-state index contributed by atoms with van der Waals surface area (Å²) in [6.07, 6.45) is 6.51. The van der Waals surface area contributed by atoms with Gasteiger partial charge in [0.25, 0.3) is 20.2 Å². The molecule has 1 aliphatic rings. The quantitative estimate of drug-likeness (QED) is 0.813. The smallest absolute Gasteiger partial charge is 0.282 e. The Morgan fingerprint density at radius 2 is 1.59 bits per heavy atom. The summed E-state index contributed by atoms with van der Waals surface area (Å²) in [4.78, 5) is -1.54. The zero-order valence-electron chi connectivity index (χ0n) is 11.3. The highest BCUT2D eigenvalue weighted by Crippen LogP contribution is 2.35. The van der Waals surface area contributed by atoms with Gasteiger partial charge in [-0.15, -0.1) is 0 Å². The summed E-state index contributed by atoms with van der Waals surface area (Å²) in [6.45, 7) is 0. The van der Waals surface area contributed by atoms with Gasteiger partial charge in [0.15, 0.2) is 0 Å². The van der Waals surface area contributed by atoms with E-state index in [1.54, 1.807) is 24.3 Å². The minimum atomic E-state index is -4.87. The molecule has 8 heteroatoms. The Morgan fingerprint density at radius 1 is 0.955 bits per heavy atom. The largest absolute Gasteiger partial charge is 0.296 e. The maximum Gasteiger partial charge on any atom is 0.296 e. The summed E-state index contributed by atoms with van der Waals surface area (Å²) < 4.78 is 66.0. The Bertz CT molecular complexity index is 846. The summed E-state index contributed by atoms with van der Waals surface area (Å²) in [5.74, 6) is -0.878. The van der Waals surface area contributed by atoms with E-state index in [0.717, 1.165) is 0 Å². The monoisotopic (exact) mass is 342 g/mol. The van der Waals surface area contributed by atoms with Crippen LogP contribution in [0.2, 0.25) is 0 Å². The molecule has 2 N–H and O–H groups in total. The number of rotatable bonds is 4. The van der Waals surface area contributed by atoms with Crippen LogP contribution in [0.3, 0.4) is 0 Å². The fourth-order valence-corrected chi connectivity index (χ4v) is 4.64. The molecule has 0 amide bonds. The maximum absolute atomic E-state index is 11.8. The molecule has 0 saturated heterocycles. The van der Waals surface area contributed by atoms with E-state index in [1.165, 1.54) is 30.3 Å². The highest BCUT2D eigenvalue weighted by Gasteiger charge is 2.33. The molecule has 0 saturated carbocycles. The van der Waals surface area contributed by atoms with Crippen LogP contribution in [0, 0.1) is 5.92 Å². The van der Waals surface area contributed by atoms with Gasteiger partial charge < -0.3 is 0 Å². The molecule has 0 spiro atoms. The molecule has 1 aliphatic carbocycles. The molecule has 2 rings (SSSR count). The molecule has 6 nitrogen and oxygen atoms in total. The van der Waals surface area contributed by atoms with Gasteiger partial charge in [-0.2, -0.15) is 16.8 Å². The van der Waals surface area contributed by atoms with E-state index in [-0.39, 0.29) is 12.0 Å². The third-order valence-electron chi connectivity index (χ3n) is 3.11. The van der Waals surface area contributed by atoms with E-state index < -0.39 is 36.0 Å². The summed E-state index contributed by atoms with van der Waals surface area (Å²) in [5, 5.41) is 0. The van der Waals surface area contributed by atoms with Crippen molar-refractivity contribution in [2.45, 2.75) is 6.42 Å². The maximum atomic E-state index is 11.8. The van der Waals surface area contributed by atoms with Gasteiger partial charge in [0.2, 0.25) is 0 Å². The van der Waals surface area contributed by atoms with Gasteiger partial charge in [-0.1, -0.05) is 54.6 Å². The Hall–Kier alpha value is -1.74. The summed E-state index contributed by atoms with van der Waals surface area (Å²) in [6, 6.07) is 7.30. The second-order valence-corrected chi connectivity index (χ2v) is 7.41. The Kier molecular flexibility index (Phi) is 4.66. The number of allylic oxidation sites excluding steroid dienone is 5. The van der Waals surface area contributed by atoms with Crippen molar-refractivity contribution in [1.82, 2.24) is 0 Å². The first kappa shape index (κ1) is 16.6. The molecule has 0 heterocycles. The van der Waals surface area contributed by atoms with Crippen molar-refractivity contribution >= 4 is 25.1 Å². The van der Waals surface area contributed by atoms with Crippen molar-refractivity contribution in [3.63, 3.8) is 0 Å². The molecule has 0 fully saturated rings. The molecule has 1 aromatic rings. The van der Waals surface area contributed by atoms with Gasteiger partial charge >= 0.3 is 0 Å². The lowest BCUT2D eigenvalue weighted by molar-refractivity contribution is 0.482. The minimum absolute atomic E-state index is 0.0134. The first-order valence-electron chi connectivity index (χ1n) is 6.29. The van der Waals surface area contributed by atoms with Crippen LogP contribution in [0.25, 0.3) is 4.91 Å². The van der Waals surface area contributed by atoms with Crippen LogP contribution in [0.15, 0.2) is 59.5 Å². The number of benzene rings is 1. The Balaban J connectivity index is 2.83. The third kappa shape index (κ3) is 3.72. The van der Waals surface area contributed by atoms with Crippen molar-refractivity contribution in [2.75, 3.05) is 0 Å². The average Bonchev–Trinajstić information content (AvgIpc) is 2.44. The molecule has 0 aromatic heterocycles. The van der Waals surface area contributed by atoms with E-state index in [2.05, 4.69) is 0 Å². The molecule has 1 unspecified atom stereocenters. The van der Waals surface area contributed by atoms with E-state index >= 15 is 0 Å². The van der Waals surface area contributed by atoms with Crippen LogP contribution in [-0.4, -0.2) is 25.9 Å². The fourth-order valence-electron chi connectivity index (χ4n) is 2.26. The highest BCUT2D eigenvalue weighted by molar-refractivity contribution is 7.98. The fraction of sp³-hybridized carbons (Fsp3) is 0.143. The number of hydrogen-bond donors (Lipinski definition) is 2. The molecular formula is C14H14O6S2. The zero-order valence-corrected chi connectivity index (χ0v) is 13.0. The first-order chi connectivity index (χ1) is 10.2. The summed E-state index contributed by atoms with van der Waals surface area (Å²) >= 11 is 0. The summed E-state index contributed by atoms with van der Waals surface area (Å²) in [5.41, 5.74) is -0.0134. The highest BCUT2D eigenvalue weighted by atomic mass is 32.2. The molecule has 22 heavy (non-hydrogen) atoms. The van der Waals surface area contributed by atoms with Crippen LogP contribution in [-0.2, 0) is 20.2 Å². The molecular weight excluding hydrogens is 328 g/mol. The topological polar surface area (TPSA) is 109 Å². The third-order valence-corrected chi connectivity index (χ3v) is 5.28. The van der Waals surface area contributed by atoms with Crippen LogP contribution < -0.4 is 0 Å². The van der Waals surface area contributed by atoms with Gasteiger partial charge in [0, 0.05) is 5.92 Å². The van der Waals surface area contributed by atoms with Crippen molar-refractivity contribution in [3.05, 3.63) is 65.1 Å². The minimum Gasteiger partial charge on any atom is -0.282 e. The predicted octanol–water partition coefficient (Wildman–Crippen LogP) is 2.26.